The summed E-state index contributed by atoms with van der Waals surface area (Å²) >= 11 is 0. The lowest BCUT2D eigenvalue weighted by Gasteiger charge is -2.38. The summed E-state index contributed by atoms with van der Waals surface area (Å²) in [6, 6.07) is 12.3. The Hall–Kier alpha value is -2.47. The van der Waals surface area contributed by atoms with E-state index < -0.39 is 5.82 Å². The molecule has 0 aliphatic carbocycles. The third-order valence-electron chi connectivity index (χ3n) is 4.73. The zero-order chi connectivity index (χ0) is 18.4. The van der Waals surface area contributed by atoms with Crippen LogP contribution >= 0.6 is 0 Å². The zero-order valence-corrected chi connectivity index (χ0v) is 14.3. The largest absolute Gasteiger partial charge is 0.481 e. The maximum atomic E-state index is 13.5. The van der Waals surface area contributed by atoms with E-state index in [0.29, 0.717) is 19.8 Å². The van der Waals surface area contributed by atoms with Crippen LogP contribution in [0.3, 0.4) is 0 Å². The molecule has 2 aromatic carbocycles. The molecule has 1 saturated heterocycles. The van der Waals surface area contributed by atoms with Crippen LogP contribution in [0.4, 0.5) is 8.78 Å². The van der Waals surface area contributed by atoms with Gasteiger partial charge >= 0.3 is 0 Å². The van der Waals surface area contributed by atoms with Gasteiger partial charge in [0, 0.05) is 25.2 Å². The van der Waals surface area contributed by atoms with E-state index >= 15 is 0 Å². The summed E-state index contributed by atoms with van der Waals surface area (Å²) in [5.74, 6) is -1.09. The fourth-order valence-corrected chi connectivity index (χ4v) is 3.16. The van der Waals surface area contributed by atoms with Crippen LogP contribution in [-0.4, -0.2) is 32.3 Å². The second-order valence-corrected chi connectivity index (χ2v) is 6.40. The summed E-state index contributed by atoms with van der Waals surface area (Å²) in [7, 11) is 0. The average Bonchev–Trinajstić information content (AvgIpc) is 2.67. The molecule has 138 valence electrons. The first kappa shape index (κ1) is 18.3. The average molecular weight is 361 g/mol. The van der Waals surface area contributed by atoms with Gasteiger partial charge in [0.05, 0.1) is 0 Å². The van der Waals surface area contributed by atoms with E-state index in [4.69, 9.17) is 9.47 Å². The van der Waals surface area contributed by atoms with E-state index in [9.17, 15) is 13.6 Å². The molecular weight excluding hydrogens is 340 g/mol. The van der Waals surface area contributed by atoms with Gasteiger partial charge in [-0.1, -0.05) is 24.3 Å². The molecule has 0 saturated carbocycles. The number of nitrogens with one attached hydrogen (secondary N) is 1. The quantitative estimate of drug-likeness (QED) is 0.860. The minimum absolute atomic E-state index is 0.0435. The lowest BCUT2D eigenvalue weighted by atomic mass is 9.74. The molecule has 0 aromatic heterocycles. The Balaban J connectivity index is 1.61. The Kier molecular flexibility index (Phi) is 5.83. The standard InChI is InChI=1S/C20H21F2NO3/c21-16-7-5-15(6-8-16)20(9-11-25-12-10-20)14-23-19(24)13-26-18-4-2-1-3-17(18)22/h1-8H,9-14H2,(H,23,24). The van der Waals surface area contributed by atoms with Gasteiger partial charge in [-0.2, -0.15) is 0 Å². The Labute approximate surface area is 151 Å². The van der Waals surface area contributed by atoms with Gasteiger partial charge in [0.2, 0.25) is 0 Å². The summed E-state index contributed by atoms with van der Waals surface area (Å²) < 4.78 is 37.4. The number of para-hydroxylation sites is 1. The van der Waals surface area contributed by atoms with Crippen molar-refractivity contribution in [3.8, 4) is 5.75 Å². The van der Waals surface area contributed by atoms with Crippen molar-refractivity contribution in [1.29, 1.82) is 0 Å². The fourth-order valence-electron chi connectivity index (χ4n) is 3.16. The molecule has 1 aliphatic heterocycles. The van der Waals surface area contributed by atoms with Gasteiger partial charge in [-0.15, -0.1) is 0 Å². The Morgan fingerprint density at radius 3 is 2.46 bits per heavy atom. The van der Waals surface area contributed by atoms with Crippen LogP contribution in [0, 0.1) is 11.6 Å². The molecule has 3 rings (SSSR count). The van der Waals surface area contributed by atoms with Gasteiger partial charge in [-0.05, 0) is 42.7 Å². The van der Waals surface area contributed by atoms with Crippen molar-refractivity contribution in [1.82, 2.24) is 5.32 Å². The van der Waals surface area contributed by atoms with Gasteiger partial charge in [-0.3, -0.25) is 4.79 Å². The van der Waals surface area contributed by atoms with Crippen molar-refractivity contribution < 1.29 is 23.0 Å². The molecule has 0 bridgehead atoms. The third kappa shape index (κ3) is 4.38. The highest BCUT2D eigenvalue weighted by molar-refractivity contribution is 5.77. The summed E-state index contributed by atoms with van der Waals surface area (Å²) in [6.07, 6.45) is 1.46. The number of halogens is 2. The second-order valence-electron chi connectivity index (χ2n) is 6.40. The Morgan fingerprint density at radius 2 is 1.77 bits per heavy atom. The van der Waals surface area contributed by atoms with Crippen molar-refractivity contribution >= 4 is 5.91 Å². The highest BCUT2D eigenvalue weighted by Gasteiger charge is 2.34. The number of rotatable bonds is 6. The molecule has 0 radical (unpaired) electrons. The number of ether oxygens (including phenoxy) is 2. The highest BCUT2D eigenvalue weighted by Crippen LogP contribution is 2.34. The molecule has 2 aromatic rings. The first-order chi connectivity index (χ1) is 12.6. The lowest BCUT2D eigenvalue weighted by molar-refractivity contribution is -0.123. The van der Waals surface area contributed by atoms with Gasteiger partial charge in [-0.25, -0.2) is 8.78 Å². The lowest BCUT2D eigenvalue weighted by Crippen LogP contribution is -2.45. The van der Waals surface area contributed by atoms with Gasteiger partial charge in [0.1, 0.15) is 5.82 Å². The van der Waals surface area contributed by atoms with Crippen LogP contribution in [0.5, 0.6) is 5.75 Å². The summed E-state index contributed by atoms with van der Waals surface area (Å²) in [6.45, 7) is 1.29. The van der Waals surface area contributed by atoms with Gasteiger partial charge in [0.15, 0.2) is 18.2 Å². The normalized spacial score (nSPS) is 16.1. The van der Waals surface area contributed by atoms with Crippen LogP contribution in [0.25, 0.3) is 0 Å². The minimum Gasteiger partial charge on any atom is -0.481 e. The third-order valence-corrected chi connectivity index (χ3v) is 4.73. The van der Waals surface area contributed by atoms with Crippen molar-refractivity contribution in [2.45, 2.75) is 18.3 Å². The number of hydrogen-bond acceptors (Lipinski definition) is 3. The molecule has 0 spiro atoms. The molecule has 0 atom stereocenters. The predicted octanol–water partition coefficient (Wildman–Crippen LogP) is 3.21. The van der Waals surface area contributed by atoms with Gasteiger partial charge in [0.25, 0.3) is 5.91 Å². The van der Waals surface area contributed by atoms with Crippen LogP contribution < -0.4 is 10.1 Å². The van der Waals surface area contributed by atoms with E-state index in [1.54, 1.807) is 24.3 Å². The molecule has 26 heavy (non-hydrogen) atoms. The van der Waals surface area contributed by atoms with E-state index in [0.717, 1.165) is 18.4 Å². The van der Waals surface area contributed by atoms with Crippen molar-refractivity contribution in [2.24, 2.45) is 0 Å². The summed E-state index contributed by atoms with van der Waals surface area (Å²) in [5, 5.41) is 2.86. The number of carbonyl (C=O) groups is 1. The molecule has 1 heterocycles. The van der Waals surface area contributed by atoms with Crippen molar-refractivity contribution in [3.05, 3.63) is 65.7 Å². The van der Waals surface area contributed by atoms with Crippen LogP contribution in [0.2, 0.25) is 0 Å². The zero-order valence-electron chi connectivity index (χ0n) is 14.3. The first-order valence-electron chi connectivity index (χ1n) is 8.57. The molecule has 0 unspecified atom stereocenters. The minimum atomic E-state index is -0.507. The van der Waals surface area contributed by atoms with Crippen LogP contribution in [-0.2, 0) is 14.9 Å². The predicted molar refractivity (Wildman–Crippen MR) is 93.0 cm³/mol. The maximum Gasteiger partial charge on any atom is 0.257 e. The van der Waals surface area contributed by atoms with E-state index in [2.05, 4.69) is 5.32 Å². The van der Waals surface area contributed by atoms with E-state index in [1.807, 2.05) is 0 Å². The van der Waals surface area contributed by atoms with E-state index in [-0.39, 0.29) is 29.5 Å². The highest BCUT2D eigenvalue weighted by atomic mass is 19.1. The number of hydrogen-bond donors (Lipinski definition) is 1. The van der Waals surface area contributed by atoms with Crippen molar-refractivity contribution in [3.63, 3.8) is 0 Å². The topological polar surface area (TPSA) is 47.6 Å². The molecule has 1 N–H and O–H groups in total. The molecule has 4 nitrogen and oxygen atoms in total. The monoisotopic (exact) mass is 361 g/mol. The molecule has 1 amide bonds. The first-order valence-corrected chi connectivity index (χ1v) is 8.57. The number of carbonyl (C=O) groups excluding carboxylic acids is 1. The summed E-state index contributed by atoms with van der Waals surface area (Å²) in [4.78, 5) is 12.1. The summed E-state index contributed by atoms with van der Waals surface area (Å²) in [5.41, 5.74) is 0.664. The van der Waals surface area contributed by atoms with Crippen LogP contribution in [0.15, 0.2) is 48.5 Å². The maximum absolute atomic E-state index is 13.5. The number of benzene rings is 2. The fraction of sp³-hybridized carbons (Fsp3) is 0.350. The molecule has 1 fully saturated rings. The second kappa shape index (κ2) is 8.27. The van der Waals surface area contributed by atoms with E-state index in [1.165, 1.54) is 24.3 Å². The van der Waals surface area contributed by atoms with Crippen LogP contribution in [0.1, 0.15) is 18.4 Å². The Bertz CT molecular complexity index is 743. The number of amides is 1. The SMILES string of the molecule is O=C(COc1ccccc1F)NCC1(c2ccc(F)cc2)CCOCC1. The molecule has 1 aliphatic rings. The van der Waals surface area contributed by atoms with Crippen molar-refractivity contribution in [2.75, 3.05) is 26.4 Å². The molecular formula is C20H21F2NO3. The molecule has 6 heteroatoms. The Morgan fingerprint density at radius 1 is 1.08 bits per heavy atom. The van der Waals surface area contributed by atoms with Gasteiger partial charge < -0.3 is 14.8 Å². The smallest absolute Gasteiger partial charge is 0.257 e.